The summed E-state index contributed by atoms with van der Waals surface area (Å²) in [4.78, 5) is 12.7. The molecule has 0 saturated heterocycles. The van der Waals surface area contributed by atoms with Crippen LogP contribution in [0.25, 0.3) is 11.1 Å². The van der Waals surface area contributed by atoms with E-state index < -0.39 is 0 Å². The number of aromatic nitrogens is 1. The van der Waals surface area contributed by atoms with Crippen LogP contribution in [0.2, 0.25) is 0 Å². The maximum atomic E-state index is 12.7. The molecule has 1 fully saturated rings. The number of nitrogens with zero attached hydrogens (tertiary/aromatic N) is 1. The Balaban J connectivity index is 1.65. The molecular formula is C19H20N2O2. The van der Waals surface area contributed by atoms with E-state index in [0.29, 0.717) is 11.6 Å². The van der Waals surface area contributed by atoms with E-state index in [0.717, 1.165) is 23.3 Å². The van der Waals surface area contributed by atoms with Crippen molar-refractivity contribution < 1.29 is 9.21 Å². The van der Waals surface area contributed by atoms with Gasteiger partial charge in [-0.25, -0.2) is 0 Å². The van der Waals surface area contributed by atoms with Crippen molar-refractivity contribution in [2.45, 2.75) is 33.2 Å². The number of benzene rings is 1. The van der Waals surface area contributed by atoms with E-state index in [2.05, 4.69) is 16.8 Å². The van der Waals surface area contributed by atoms with Crippen LogP contribution in [0.15, 0.2) is 41.0 Å². The summed E-state index contributed by atoms with van der Waals surface area (Å²) >= 11 is 0. The number of aryl methyl sites for hydroxylation is 2. The molecule has 1 saturated carbocycles. The van der Waals surface area contributed by atoms with Gasteiger partial charge < -0.3 is 14.3 Å². The lowest BCUT2D eigenvalue weighted by Crippen LogP contribution is -2.17. The van der Waals surface area contributed by atoms with E-state index in [1.165, 1.54) is 24.0 Å². The number of amides is 1. The van der Waals surface area contributed by atoms with Gasteiger partial charge in [-0.2, -0.15) is 0 Å². The van der Waals surface area contributed by atoms with E-state index in [9.17, 15) is 4.79 Å². The molecule has 23 heavy (non-hydrogen) atoms. The lowest BCUT2D eigenvalue weighted by molar-refractivity contribution is 0.101. The third-order valence-corrected chi connectivity index (χ3v) is 4.66. The minimum atomic E-state index is -0.0831. The number of anilines is 1. The zero-order valence-corrected chi connectivity index (χ0v) is 13.4. The van der Waals surface area contributed by atoms with Crippen molar-refractivity contribution in [3.63, 3.8) is 0 Å². The summed E-state index contributed by atoms with van der Waals surface area (Å²) in [6.45, 7) is 5.00. The monoisotopic (exact) mass is 308 g/mol. The smallest absolute Gasteiger partial charge is 0.272 e. The quantitative estimate of drug-likeness (QED) is 0.770. The van der Waals surface area contributed by atoms with Crippen molar-refractivity contribution in [1.82, 2.24) is 4.57 Å². The highest BCUT2D eigenvalue weighted by Crippen LogP contribution is 2.33. The van der Waals surface area contributed by atoms with Crippen LogP contribution in [0.3, 0.4) is 0 Å². The summed E-state index contributed by atoms with van der Waals surface area (Å²) < 4.78 is 7.57. The van der Waals surface area contributed by atoms with E-state index >= 15 is 0 Å². The number of nitrogens with one attached hydrogen (secondary N) is 1. The lowest BCUT2D eigenvalue weighted by Gasteiger charge is -2.11. The van der Waals surface area contributed by atoms with Gasteiger partial charge in [-0.15, -0.1) is 0 Å². The standard InChI is InChI=1S/C19H20N2O2/c1-12-3-6-15(9-13(12)2)20-19(22)17-10-18-16(7-8-23-18)21(17)11-14-4-5-14/h3,6-10,14H,4-5,11H2,1-2H3,(H,20,22). The van der Waals surface area contributed by atoms with E-state index in [1.807, 2.05) is 37.3 Å². The maximum absolute atomic E-state index is 12.7. The second kappa shape index (κ2) is 5.30. The Bertz CT molecular complexity index is 884. The highest BCUT2D eigenvalue weighted by atomic mass is 16.3. The summed E-state index contributed by atoms with van der Waals surface area (Å²) in [5.74, 6) is 0.606. The van der Waals surface area contributed by atoms with E-state index in [4.69, 9.17) is 4.42 Å². The predicted octanol–water partition coefficient (Wildman–Crippen LogP) is 4.51. The number of rotatable bonds is 4. The second-order valence-corrected chi connectivity index (χ2v) is 6.51. The fraction of sp³-hybridized carbons (Fsp3) is 0.316. The van der Waals surface area contributed by atoms with Crippen molar-refractivity contribution in [1.29, 1.82) is 0 Å². The first-order valence-corrected chi connectivity index (χ1v) is 8.07. The van der Waals surface area contributed by atoms with Crippen LogP contribution in [-0.2, 0) is 6.54 Å². The normalized spacial score (nSPS) is 14.3. The first kappa shape index (κ1) is 14.1. The molecule has 3 aromatic rings. The summed E-state index contributed by atoms with van der Waals surface area (Å²) in [5.41, 5.74) is 5.67. The van der Waals surface area contributed by atoms with E-state index in [-0.39, 0.29) is 5.91 Å². The molecule has 0 radical (unpaired) electrons. The average molecular weight is 308 g/mol. The summed E-state index contributed by atoms with van der Waals surface area (Å²) in [6.07, 6.45) is 4.17. The number of hydrogen-bond donors (Lipinski definition) is 1. The summed E-state index contributed by atoms with van der Waals surface area (Å²) in [7, 11) is 0. The van der Waals surface area contributed by atoms with Crippen LogP contribution in [0.5, 0.6) is 0 Å². The molecule has 1 aromatic carbocycles. The van der Waals surface area contributed by atoms with Gasteiger partial charge in [0.2, 0.25) is 0 Å². The van der Waals surface area contributed by atoms with Crippen LogP contribution >= 0.6 is 0 Å². The Morgan fingerprint density at radius 1 is 1.22 bits per heavy atom. The van der Waals surface area contributed by atoms with Gasteiger partial charge in [0.05, 0.1) is 11.8 Å². The Labute approximate surface area is 135 Å². The first-order valence-electron chi connectivity index (χ1n) is 8.07. The molecule has 118 valence electrons. The molecule has 0 bridgehead atoms. The zero-order chi connectivity index (χ0) is 16.0. The zero-order valence-electron chi connectivity index (χ0n) is 13.4. The third-order valence-electron chi connectivity index (χ3n) is 4.66. The summed E-state index contributed by atoms with van der Waals surface area (Å²) in [6, 6.07) is 9.75. The van der Waals surface area contributed by atoms with Crippen LogP contribution in [0, 0.1) is 19.8 Å². The van der Waals surface area contributed by atoms with Gasteiger partial charge in [0.1, 0.15) is 5.69 Å². The largest absolute Gasteiger partial charge is 0.463 e. The molecule has 4 nitrogen and oxygen atoms in total. The SMILES string of the molecule is Cc1ccc(NC(=O)c2cc3occc3n2CC2CC2)cc1C. The first-order chi connectivity index (χ1) is 11.1. The van der Waals surface area contributed by atoms with Crippen molar-refractivity contribution in [2.75, 3.05) is 5.32 Å². The Morgan fingerprint density at radius 2 is 2.04 bits per heavy atom. The van der Waals surface area contributed by atoms with Crippen LogP contribution in [0.1, 0.15) is 34.5 Å². The highest BCUT2D eigenvalue weighted by molar-refractivity contribution is 6.05. The maximum Gasteiger partial charge on any atom is 0.272 e. The lowest BCUT2D eigenvalue weighted by atomic mass is 10.1. The number of carbonyl (C=O) groups excluding carboxylic acids is 1. The number of furan rings is 1. The van der Waals surface area contributed by atoms with Gasteiger partial charge in [-0.05, 0) is 55.9 Å². The van der Waals surface area contributed by atoms with Gasteiger partial charge in [0.15, 0.2) is 5.58 Å². The molecule has 2 aromatic heterocycles. The molecule has 0 unspecified atom stereocenters. The van der Waals surface area contributed by atoms with Crippen molar-refractivity contribution in [2.24, 2.45) is 5.92 Å². The van der Waals surface area contributed by atoms with Gasteiger partial charge in [-0.3, -0.25) is 4.79 Å². The van der Waals surface area contributed by atoms with E-state index in [1.54, 1.807) is 6.26 Å². The van der Waals surface area contributed by atoms with Gasteiger partial charge in [0, 0.05) is 24.4 Å². The Hall–Kier alpha value is -2.49. The molecule has 1 aliphatic carbocycles. The molecular weight excluding hydrogens is 288 g/mol. The van der Waals surface area contributed by atoms with Crippen molar-refractivity contribution >= 4 is 22.7 Å². The molecule has 0 spiro atoms. The minimum absolute atomic E-state index is 0.0831. The average Bonchev–Trinajstić information content (AvgIpc) is 3.10. The fourth-order valence-corrected chi connectivity index (χ4v) is 2.93. The third kappa shape index (κ3) is 2.65. The predicted molar refractivity (Wildman–Crippen MR) is 90.8 cm³/mol. The topological polar surface area (TPSA) is 47.2 Å². The van der Waals surface area contributed by atoms with Crippen LogP contribution in [0.4, 0.5) is 5.69 Å². The molecule has 1 aliphatic rings. The van der Waals surface area contributed by atoms with Gasteiger partial charge >= 0.3 is 0 Å². The fourth-order valence-electron chi connectivity index (χ4n) is 2.93. The number of hydrogen-bond acceptors (Lipinski definition) is 2. The van der Waals surface area contributed by atoms with Gasteiger partial charge in [-0.1, -0.05) is 6.07 Å². The molecule has 1 amide bonds. The van der Waals surface area contributed by atoms with Crippen LogP contribution < -0.4 is 5.32 Å². The molecule has 1 N–H and O–H groups in total. The molecule has 4 heteroatoms. The van der Waals surface area contributed by atoms with Crippen molar-refractivity contribution in [3.05, 3.63) is 53.4 Å². The van der Waals surface area contributed by atoms with Crippen LogP contribution in [-0.4, -0.2) is 10.5 Å². The molecule has 0 aliphatic heterocycles. The second-order valence-electron chi connectivity index (χ2n) is 6.51. The Morgan fingerprint density at radius 3 is 2.78 bits per heavy atom. The molecule has 4 rings (SSSR count). The summed E-state index contributed by atoms with van der Waals surface area (Å²) in [5, 5.41) is 3.01. The Kier molecular flexibility index (Phi) is 3.26. The van der Waals surface area contributed by atoms with Gasteiger partial charge in [0.25, 0.3) is 5.91 Å². The number of carbonyl (C=O) groups is 1. The number of fused-ring (bicyclic) bond motifs is 1. The van der Waals surface area contributed by atoms with Crippen molar-refractivity contribution in [3.8, 4) is 0 Å². The molecule has 2 heterocycles. The highest BCUT2D eigenvalue weighted by Gasteiger charge is 2.26. The minimum Gasteiger partial charge on any atom is -0.463 e. The molecule has 0 atom stereocenters.